The Morgan fingerprint density at radius 1 is 0.907 bits per heavy atom. The molecule has 0 saturated carbocycles. The van der Waals surface area contributed by atoms with Crippen LogP contribution in [0.15, 0.2) is 91.5 Å². The molecule has 8 nitrogen and oxygen atoms in total. The third kappa shape index (κ3) is 6.67. The summed E-state index contributed by atoms with van der Waals surface area (Å²) in [6.45, 7) is 8.19. The molecule has 3 aromatic heterocycles. The maximum Gasteiger partial charge on any atom is 0.253 e. The van der Waals surface area contributed by atoms with Crippen LogP contribution in [0.4, 0.5) is 4.39 Å². The highest BCUT2D eigenvalue weighted by Gasteiger charge is 2.23. The quantitative estimate of drug-likeness (QED) is 0.248. The van der Waals surface area contributed by atoms with Gasteiger partial charge in [0.25, 0.3) is 5.91 Å². The van der Waals surface area contributed by atoms with Gasteiger partial charge < -0.3 is 4.90 Å². The topological polar surface area (TPSA) is 80.0 Å². The molecular weight excluding hydrogens is 541 g/mol. The third-order valence-electron chi connectivity index (χ3n) is 7.83. The fraction of sp³-hybridized carbons (Fsp3) is 0.265. The van der Waals surface area contributed by atoms with E-state index >= 15 is 0 Å². The molecule has 0 spiro atoms. The number of rotatable bonds is 8. The molecule has 218 valence electrons. The summed E-state index contributed by atoms with van der Waals surface area (Å²) < 4.78 is 15.3. The van der Waals surface area contributed by atoms with Crippen LogP contribution in [-0.2, 0) is 13.0 Å². The normalized spacial score (nSPS) is 13.9. The predicted octanol–water partition coefficient (Wildman–Crippen LogP) is 5.35. The molecule has 2 aromatic carbocycles. The molecule has 6 rings (SSSR count). The standard InChI is InChI=1S/C34H34FN7O/c1-24(2)40-16-18-41(19-17-40)34(43)27-9-5-25(6-10-27)20-32-37-15-13-31(38-32)30-23-42(22-26-7-11-29(35)12-8-26)39-33(30)28-4-3-14-36-21-28/h3-15,21,23-24H,16-20,22H2,1-2H3. The van der Waals surface area contributed by atoms with Crippen molar-refractivity contribution in [3.05, 3.63) is 120 Å². The van der Waals surface area contributed by atoms with Crippen LogP contribution >= 0.6 is 0 Å². The van der Waals surface area contributed by atoms with E-state index in [1.165, 1.54) is 12.1 Å². The molecule has 9 heteroatoms. The minimum atomic E-state index is -0.268. The van der Waals surface area contributed by atoms with Gasteiger partial charge in [-0.15, -0.1) is 0 Å². The molecule has 5 aromatic rings. The number of carbonyl (C=O) groups excluding carboxylic acids is 1. The molecule has 1 aliphatic rings. The van der Waals surface area contributed by atoms with E-state index in [2.05, 4.69) is 28.7 Å². The molecule has 1 saturated heterocycles. The molecule has 1 fully saturated rings. The first-order chi connectivity index (χ1) is 20.9. The van der Waals surface area contributed by atoms with Crippen molar-refractivity contribution in [1.82, 2.24) is 34.5 Å². The van der Waals surface area contributed by atoms with Gasteiger partial charge in [0.2, 0.25) is 0 Å². The number of aromatic nitrogens is 5. The van der Waals surface area contributed by atoms with Crippen LogP contribution in [0, 0.1) is 5.82 Å². The van der Waals surface area contributed by atoms with Crippen molar-refractivity contribution >= 4 is 5.91 Å². The molecule has 43 heavy (non-hydrogen) atoms. The number of amides is 1. The van der Waals surface area contributed by atoms with E-state index in [1.54, 1.807) is 30.7 Å². The van der Waals surface area contributed by atoms with Gasteiger partial charge in [-0.05, 0) is 67.4 Å². The van der Waals surface area contributed by atoms with Gasteiger partial charge in [-0.25, -0.2) is 14.4 Å². The van der Waals surface area contributed by atoms with Crippen LogP contribution < -0.4 is 0 Å². The summed E-state index contributed by atoms with van der Waals surface area (Å²) in [6, 6.07) is 20.4. The van der Waals surface area contributed by atoms with Crippen molar-refractivity contribution < 1.29 is 9.18 Å². The van der Waals surface area contributed by atoms with Crippen LogP contribution in [0.25, 0.3) is 22.5 Å². The fourth-order valence-electron chi connectivity index (χ4n) is 5.39. The number of nitrogens with zero attached hydrogens (tertiary/aromatic N) is 7. The molecule has 0 N–H and O–H groups in total. The lowest BCUT2D eigenvalue weighted by atomic mass is 10.1. The highest BCUT2D eigenvalue weighted by molar-refractivity contribution is 5.94. The molecule has 0 atom stereocenters. The molecule has 4 heterocycles. The lowest BCUT2D eigenvalue weighted by Gasteiger charge is -2.37. The lowest BCUT2D eigenvalue weighted by molar-refractivity contribution is 0.0595. The maximum atomic E-state index is 13.4. The summed E-state index contributed by atoms with van der Waals surface area (Å²) in [7, 11) is 0. The average Bonchev–Trinajstić information content (AvgIpc) is 3.47. The Hall–Kier alpha value is -4.76. The van der Waals surface area contributed by atoms with E-state index < -0.39 is 0 Å². The minimum absolute atomic E-state index is 0.0776. The Bertz CT molecular complexity index is 1680. The zero-order valence-corrected chi connectivity index (χ0v) is 24.4. The molecular formula is C34H34FN7O. The second-order valence-electron chi connectivity index (χ2n) is 11.1. The summed E-state index contributed by atoms with van der Waals surface area (Å²) in [4.78, 5) is 31.1. The van der Waals surface area contributed by atoms with Crippen LogP contribution in [-0.4, -0.2) is 72.7 Å². The number of pyridine rings is 1. The number of halogens is 1. The summed E-state index contributed by atoms with van der Waals surface area (Å²) in [5, 5.41) is 4.85. The summed E-state index contributed by atoms with van der Waals surface area (Å²) in [5.74, 6) is 0.481. The SMILES string of the molecule is CC(C)N1CCN(C(=O)c2ccc(Cc3nccc(-c4cn(Cc5ccc(F)cc5)nc4-c4cccnc4)n3)cc2)CC1. The fourth-order valence-corrected chi connectivity index (χ4v) is 5.39. The molecule has 0 bridgehead atoms. The second kappa shape index (κ2) is 12.6. The molecule has 1 aliphatic heterocycles. The van der Waals surface area contributed by atoms with Gasteiger partial charge in [-0.1, -0.05) is 24.3 Å². The minimum Gasteiger partial charge on any atom is -0.336 e. The predicted molar refractivity (Wildman–Crippen MR) is 164 cm³/mol. The van der Waals surface area contributed by atoms with Gasteiger partial charge in [-0.2, -0.15) is 5.10 Å². The maximum absolute atomic E-state index is 13.4. The van der Waals surface area contributed by atoms with Crippen LogP contribution in [0.5, 0.6) is 0 Å². The number of carbonyl (C=O) groups is 1. The first-order valence-electron chi connectivity index (χ1n) is 14.6. The zero-order chi connectivity index (χ0) is 29.8. The Morgan fingerprint density at radius 2 is 1.65 bits per heavy atom. The van der Waals surface area contributed by atoms with Gasteiger partial charge in [-0.3, -0.25) is 19.4 Å². The first kappa shape index (κ1) is 28.4. The number of hydrogen-bond acceptors (Lipinski definition) is 6. The van der Waals surface area contributed by atoms with Crippen molar-refractivity contribution in [1.29, 1.82) is 0 Å². The van der Waals surface area contributed by atoms with Crippen molar-refractivity contribution in [3.63, 3.8) is 0 Å². The van der Waals surface area contributed by atoms with Crippen molar-refractivity contribution in [2.75, 3.05) is 26.2 Å². The van der Waals surface area contributed by atoms with E-state index in [-0.39, 0.29) is 11.7 Å². The highest BCUT2D eigenvalue weighted by Crippen LogP contribution is 2.30. The van der Waals surface area contributed by atoms with E-state index in [1.807, 2.05) is 58.2 Å². The molecule has 0 radical (unpaired) electrons. The monoisotopic (exact) mass is 575 g/mol. The zero-order valence-electron chi connectivity index (χ0n) is 24.4. The van der Waals surface area contributed by atoms with Crippen LogP contribution in [0.1, 0.15) is 41.2 Å². The van der Waals surface area contributed by atoms with Gasteiger partial charge >= 0.3 is 0 Å². The van der Waals surface area contributed by atoms with E-state index in [0.717, 1.165) is 59.8 Å². The van der Waals surface area contributed by atoms with Crippen molar-refractivity contribution in [2.24, 2.45) is 0 Å². The molecule has 0 unspecified atom stereocenters. The lowest BCUT2D eigenvalue weighted by Crippen LogP contribution is -2.50. The van der Waals surface area contributed by atoms with E-state index in [4.69, 9.17) is 10.1 Å². The summed E-state index contributed by atoms with van der Waals surface area (Å²) in [6.07, 6.45) is 7.76. The largest absolute Gasteiger partial charge is 0.336 e. The van der Waals surface area contributed by atoms with Gasteiger partial charge in [0.15, 0.2) is 0 Å². The Balaban J connectivity index is 1.20. The van der Waals surface area contributed by atoms with E-state index in [0.29, 0.717) is 30.4 Å². The van der Waals surface area contributed by atoms with Gasteiger partial charge in [0, 0.05) is 80.1 Å². The Labute approximate surface area is 250 Å². The number of benzene rings is 2. The summed E-state index contributed by atoms with van der Waals surface area (Å²) in [5.41, 5.74) is 5.91. The highest BCUT2D eigenvalue weighted by atomic mass is 19.1. The van der Waals surface area contributed by atoms with Crippen LogP contribution in [0.3, 0.4) is 0 Å². The second-order valence-corrected chi connectivity index (χ2v) is 11.1. The molecule has 0 aliphatic carbocycles. The summed E-state index contributed by atoms with van der Waals surface area (Å²) >= 11 is 0. The van der Waals surface area contributed by atoms with Gasteiger partial charge in [0.1, 0.15) is 17.3 Å². The number of hydrogen-bond donors (Lipinski definition) is 0. The average molecular weight is 576 g/mol. The Kier molecular flexibility index (Phi) is 8.33. The third-order valence-corrected chi connectivity index (χ3v) is 7.83. The van der Waals surface area contributed by atoms with E-state index in [9.17, 15) is 9.18 Å². The van der Waals surface area contributed by atoms with Gasteiger partial charge in [0.05, 0.1) is 12.2 Å². The van der Waals surface area contributed by atoms with Crippen LogP contribution in [0.2, 0.25) is 0 Å². The van der Waals surface area contributed by atoms with Crippen molar-refractivity contribution in [3.8, 4) is 22.5 Å². The van der Waals surface area contributed by atoms with Crippen molar-refractivity contribution in [2.45, 2.75) is 32.9 Å². The number of piperazine rings is 1. The smallest absolute Gasteiger partial charge is 0.253 e. The first-order valence-corrected chi connectivity index (χ1v) is 14.6. The Morgan fingerprint density at radius 3 is 2.35 bits per heavy atom. The molecule has 1 amide bonds.